The lowest BCUT2D eigenvalue weighted by Gasteiger charge is -2.22. The van der Waals surface area contributed by atoms with Gasteiger partial charge in [-0.1, -0.05) is 0 Å². The summed E-state index contributed by atoms with van der Waals surface area (Å²) < 4.78 is 0. The lowest BCUT2D eigenvalue weighted by Crippen LogP contribution is -2.54. The summed E-state index contributed by atoms with van der Waals surface area (Å²) in [5.74, 6) is -3.16. The van der Waals surface area contributed by atoms with E-state index in [1.807, 2.05) is 0 Å². The number of amides is 3. The van der Waals surface area contributed by atoms with Crippen LogP contribution >= 0.6 is 0 Å². The highest BCUT2D eigenvalue weighted by Gasteiger charge is 2.26. The van der Waals surface area contributed by atoms with Gasteiger partial charge in [0.2, 0.25) is 17.7 Å². The van der Waals surface area contributed by atoms with Gasteiger partial charge in [-0.15, -0.1) is 0 Å². The molecule has 168 valence electrons. The zero-order chi connectivity index (χ0) is 22.2. The number of hydrogen-bond donors (Lipinski definition) is 8. The van der Waals surface area contributed by atoms with Gasteiger partial charge in [0.05, 0.1) is 13.2 Å². The van der Waals surface area contributed by atoms with Crippen LogP contribution in [0.1, 0.15) is 38.5 Å². The predicted molar refractivity (Wildman–Crippen MR) is 105 cm³/mol. The van der Waals surface area contributed by atoms with E-state index in [0.717, 1.165) is 0 Å². The maximum atomic E-state index is 12.5. The Morgan fingerprint density at radius 2 is 1.38 bits per heavy atom. The standard InChI is InChI=1S/C17H34N6O6/c18-7-3-1-5-12(22-14(25)9-21-15(26)11(20)10-24)16(27)23-13(17(28)29)6-2-4-8-19/h11-13,24H,1-10,18-20H2,(H,21,26)(H,22,25)(H,23,27)(H,28,29). The van der Waals surface area contributed by atoms with Crippen LogP contribution in [0, 0.1) is 0 Å². The van der Waals surface area contributed by atoms with Crippen molar-refractivity contribution in [3.63, 3.8) is 0 Å². The lowest BCUT2D eigenvalue weighted by molar-refractivity contribution is -0.142. The first-order valence-corrected chi connectivity index (χ1v) is 9.63. The fraction of sp³-hybridized carbons (Fsp3) is 0.765. The molecule has 0 aliphatic rings. The Kier molecular flexibility index (Phi) is 14.4. The first-order valence-electron chi connectivity index (χ1n) is 9.63. The highest BCUT2D eigenvalue weighted by atomic mass is 16.4. The summed E-state index contributed by atoms with van der Waals surface area (Å²) >= 11 is 0. The molecule has 0 radical (unpaired) electrons. The van der Waals surface area contributed by atoms with Crippen molar-refractivity contribution in [2.75, 3.05) is 26.2 Å². The molecule has 3 unspecified atom stereocenters. The molecule has 0 saturated carbocycles. The van der Waals surface area contributed by atoms with Gasteiger partial charge < -0.3 is 43.4 Å². The molecule has 11 N–H and O–H groups in total. The van der Waals surface area contributed by atoms with Crippen LogP contribution in [0.3, 0.4) is 0 Å². The number of rotatable bonds is 16. The van der Waals surface area contributed by atoms with E-state index in [-0.39, 0.29) is 12.8 Å². The first-order chi connectivity index (χ1) is 13.8. The molecule has 0 aliphatic heterocycles. The molecule has 0 aromatic heterocycles. The average Bonchev–Trinajstić information content (AvgIpc) is 2.69. The zero-order valence-electron chi connectivity index (χ0n) is 16.6. The number of aliphatic hydroxyl groups is 1. The molecule has 12 heteroatoms. The number of carbonyl (C=O) groups excluding carboxylic acids is 3. The van der Waals surface area contributed by atoms with Crippen LogP contribution in [0.4, 0.5) is 0 Å². The molecule has 12 nitrogen and oxygen atoms in total. The van der Waals surface area contributed by atoms with Crippen LogP contribution in [-0.4, -0.2) is 78.3 Å². The Bertz CT molecular complexity index is 533. The molecule has 0 spiro atoms. The third-order valence-corrected chi connectivity index (χ3v) is 4.12. The van der Waals surface area contributed by atoms with Gasteiger partial charge in [0, 0.05) is 0 Å². The molecule has 0 heterocycles. The van der Waals surface area contributed by atoms with Crippen molar-refractivity contribution >= 4 is 23.7 Å². The SMILES string of the molecule is NCCCCC(NC(=O)C(CCCCN)NC(=O)CNC(=O)C(N)CO)C(=O)O. The maximum absolute atomic E-state index is 12.5. The molecule has 29 heavy (non-hydrogen) atoms. The topological polar surface area (TPSA) is 223 Å². The maximum Gasteiger partial charge on any atom is 0.326 e. The number of aliphatic carboxylic acids is 1. The fourth-order valence-corrected chi connectivity index (χ4v) is 2.41. The van der Waals surface area contributed by atoms with Crippen LogP contribution in [0.2, 0.25) is 0 Å². The molecule has 0 rings (SSSR count). The van der Waals surface area contributed by atoms with Crippen molar-refractivity contribution in [3.8, 4) is 0 Å². The lowest BCUT2D eigenvalue weighted by atomic mass is 10.1. The van der Waals surface area contributed by atoms with Gasteiger partial charge in [0.15, 0.2) is 0 Å². The van der Waals surface area contributed by atoms with Crippen molar-refractivity contribution in [2.24, 2.45) is 17.2 Å². The summed E-state index contributed by atoms with van der Waals surface area (Å²) in [7, 11) is 0. The molecule has 0 aliphatic carbocycles. The van der Waals surface area contributed by atoms with Crippen LogP contribution in [0.15, 0.2) is 0 Å². The summed E-state index contributed by atoms with van der Waals surface area (Å²) in [4.78, 5) is 47.5. The van der Waals surface area contributed by atoms with Crippen molar-refractivity contribution in [1.29, 1.82) is 0 Å². The Hall–Kier alpha value is -2.28. The van der Waals surface area contributed by atoms with Crippen LogP contribution in [0.5, 0.6) is 0 Å². The third kappa shape index (κ3) is 12.0. The quantitative estimate of drug-likeness (QED) is 0.118. The number of aliphatic hydroxyl groups excluding tert-OH is 1. The smallest absolute Gasteiger partial charge is 0.326 e. The molecule has 0 saturated heterocycles. The van der Waals surface area contributed by atoms with Gasteiger partial charge in [-0.3, -0.25) is 14.4 Å². The summed E-state index contributed by atoms with van der Waals surface area (Å²) in [5, 5.41) is 25.3. The number of unbranched alkanes of at least 4 members (excludes halogenated alkanes) is 2. The summed E-state index contributed by atoms with van der Waals surface area (Å²) in [6.07, 6.45) is 2.81. The van der Waals surface area contributed by atoms with E-state index in [0.29, 0.717) is 38.8 Å². The van der Waals surface area contributed by atoms with E-state index in [1.165, 1.54) is 0 Å². The van der Waals surface area contributed by atoms with Crippen molar-refractivity contribution in [2.45, 2.75) is 56.7 Å². The second-order valence-corrected chi connectivity index (χ2v) is 6.60. The highest BCUT2D eigenvalue weighted by Crippen LogP contribution is 2.05. The average molecular weight is 418 g/mol. The molecule has 3 amide bonds. The largest absolute Gasteiger partial charge is 0.480 e. The zero-order valence-corrected chi connectivity index (χ0v) is 16.6. The summed E-state index contributed by atoms with van der Waals surface area (Å²) in [6, 6.07) is -3.23. The fourth-order valence-electron chi connectivity index (χ4n) is 2.41. The van der Waals surface area contributed by atoms with Gasteiger partial charge >= 0.3 is 5.97 Å². The molecule has 0 aromatic rings. The second-order valence-electron chi connectivity index (χ2n) is 6.60. The molecule has 0 fully saturated rings. The van der Waals surface area contributed by atoms with Crippen LogP contribution in [-0.2, 0) is 19.2 Å². The van der Waals surface area contributed by atoms with Crippen molar-refractivity contribution < 1.29 is 29.4 Å². The van der Waals surface area contributed by atoms with Crippen LogP contribution in [0.25, 0.3) is 0 Å². The number of nitrogens with one attached hydrogen (secondary N) is 3. The summed E-state index contributed by atoms with van der Waals surface area (Å²) in [6.45, 7) is -0.178. The molecular formula is C17H34N6O6. The van der Waals surface area contributed by atoms with E-state index in [2.05, 4.69) is 16.0 Å². The number of carboxylic acids is 1. The minimum atomic E-state index is -1.17. The second kappa shape index (κ2) is 15.6. The van der Waals surface area contributed by atoms with E-state index >= 15 is 0 Å². The normalized spacial score (nSPS) is 13.8. The molecule has 0 aromatic carbocycles. The molecular weight excluding hydrogens is 384 g/mol. The Morgan fingerprint density at radius 3 is 1.86 bits per heavy atom. The van der Waals surface area contributed by atoms with E-state index in [4.69, 9.17) is 22.3 Å². The third-order valence-electron chi connectivity index (χ3n) is 4.12. The Labute approximate surface area is 169 Å². The number of nitrogens with two attached hydrogens (primary N) is 3. The van der Waals surface area contributed by atoms with Crippen molar-refractivity contribution in [1.82, 2.24) is 16.0 Å². The summed E-state index contributed by atoms with van der Waals surface area (Å²) in [5.41, 5.74) is 16.2. The molecule has 0 bridgehead atoms. The minimum Gasteiger partial charge on any atom is -0.480 e. The van der Waals surface area contributed by atoms with Gasteiger partial charge in [-0.25, -0.2) is 4.79 Å². The van der Waals surface area contributed by atoms with Crippen molar-refractivity contribution in [3.05, 3.63) is 0 Å². The minimum absolute atomic E-state index is 0.219. The van der Waals surface area contributed by atoms with E-state index < -0.39 is 55.0 Å². The van der Waals surface area contributed by atoms with E-state index in [1.54, 1.807) is 0 Å². The van der Waals surface area contributed by atoms with Crippen LogP contribution < -0.4 is 33.2 Å². The predicted octanol–water partition coefficient (Wildman–Crippen LogP) is -3.27. The molecule has 3 atom stereocenters. The Morgan fingerprint density at radius 1 is 0.828 bits per heavy atom. The number of hydrogen-bond acceptors (Lipinski definition) is 8. The van der Waals surface area contributed by atoms with Gasteiger partial charge in [-0.05, 0) is 51.6 Å². The highest BCUT2D eigenvalue weighted by molar-refractivity contribution is 5.92. The number of carbonyl (C=O) groups is 4. The Balaban J connectivity index is 4.86. The number of carboxylic acid groups (broad SMARTS) is 1. The first kappa shape index (κ1) is 26.7. The van der Waals surface area contributed by atoms with Gasteiger partial charge in [0.25, 0.3) is 0 Å². The van der Waals surface area contributed by atoms with Gasteiger partial charge in [-0.2, -0.15) is 0 Å². The van der Waals surface area contributed by atoms with E-state index in [9.17, 15) is 24.3 Å². The van der Waals surface area contributed by atoms with Gasteiger partial charge in [0.1, 0.15) is 18.1 Å². The monoisotopic (exact) mass is 418 g/mol.